The van der Waals surface area contributed by atoms with Crippen molar-refractivity contribution in [2.24, 2.45) is 5.10 Å². The molecule has 2 aromatic heterocycles. The predicted molar refractivity (Wildman–Crippen MR) is 105 cm³/mol. The van der Waals surface area contributed by atoms with Crippen molar-refractivity contribution in [2.45, 2.75) is 6.92 Å². The lowest BCUT2D eigenvalue weighted by Gasteiger charge is -2.06. The fourth-order valence-corrected chi connectivity index (χ4v) is 2.71. The van der Waals surface area contributed by atoms with Crippen molar-refractivity contribution >= 4 is 17.9 Å². The van der Waals surface area contributed by atoms with Crippen LogP contribution in [0.5, 0.6) is 0 Å². The quantitative estimate of drug-likeness (QED) is 0.370. The molecule has 0 atom stereocenters. The SMILES string of the molecule is Cc1ccc(-c2c(C(=O)N/N=C/c3ccc(F)cc3F)nnn2-c2nonc2N)cc1. The number of halogens is 2. The van der Waals surface area contributed by atoms with Crippen LogP contribution in [0.4, 0.5) is 14.6 Å². The lowest BCUT2D eigenvalue weighted by Crippen LogP contribution is -2.19. The lowest BCUT2D eigenvalue weighted by molar-refractivity contribution is 0.0950. The van der Waals surface area contributed by atoms with Gasteiger partial charge in [-0.2, -0.15) is 9.78 Å². The molecule has 2 heterocycles. The normalized spacial score (nSPS) is 11.2. The number of nitrogens with zero attached hydrogens (tertiary/aromatic N) is 6. The summed E-state index contributed by atoms with van der Waals surface area (Å²) < 4.78 is 32.5. The van der Waals surface area contributed by atoms with E-state index < -0.39 is 17.5 Å². The third-order valence-electron chi connectivity index (χ3n) is 4.24. The summed E-state index contributed by atoms with van der Waals surface area (Å²) in [6.07, 6.45) is 1.04. The van der Waals surface area contributed by atoms with Crippen LogP contribution < -0.4 is 11.2 Å². The number of nitrogens with two attached hydrogens (primary N) is 1. The second-order valence-electron chi connectivity index (χ2n) is 6.40. The predicted octanol–water partition coefficient (Wildman–Crippen LogP) is 2.25. The minimum atomic E-state index is -0.821. The molecule has 0 aliphatic carbocycles. The van der Waals surface area contributed by atoms with Crippen molar-refractivity contribution in [1.82, 2.24) is 30.7 Å². The maximum Gasteiger partial charge on any atom is 0.294 e. The highest BCUT2D eigenvalue weighted by Gasteiger charge is 2.25. The van der Waals surface area contributed by atoms with Gasteiger partial charge in [0.05, 0.1) is 6.21 Å². The van der Waals surface area contributed by atoms with Crippen molar-refractivity contribution in [2.75, 3.05) is 5.73 Å². The van der Waals surface area contributed by atoms with Gasteiger partial charge in [-0.15, -0.1) is 5.10 Å². The molecule has 12 heteroatoms. The molecule has 0 unspecified atom stereocenters. The van der Waals surface area contributed by atoms with Gasteiger partial charge in [-0.25, -0.2) is 18.8 Å². The number of hydrogen-bond donors (Lipinski definition) is 2. The van der Waals surface area contributed by atoms with Gasteiger partial charge in [-0.3, -0.25) is 4.79 Å². The van der Waals surface area contributed by atoms with Gasteiger partial charge in [0.1, 0.15) is 17.3 Å². The molecule has 2 aromatic carbocycles. The first kappa shape index (κ1) is 19.8. The minimum Gasteiger partial charge on any atom is -0.378 e. The van der Waals surface area contributed by atoms with Gasteiger partial charge in [0.15, 0.2) is 5.69 Å². The third kappa shape index (κ3) is 3.99. The smallest absolute Gasteiger partial charge is 0.294 e. The molecule has 0 fully saturated rings. The number of aryl methyl sites for hydroxylation is 1. The Kier molecular flexibility index (Phi) is 5.18. The zero-order valence-corrected chi connectivity index (χ0v) is 16.0. The van der Waals surface area contributed by atoms with Crippen LogP contribution in [0.2, 0.25) is 0 Å². The van der Waals surface area contributed by atoms with Gasteiger partial charge >= 0.3 is 0 Å². The summed E-state index contributed by atoms with van der Waals surface area (Å²) in [5.74, 6) is -2.26. The van der Waals surface area contributed by atoms with Gasteiger partial charge in [-0.1, -0.05) is 35.0 Å². The summed E-state index contributed by atoms with van der Waals surface area (Å²) in [5, 5.41) is 18.8. The average Bonchev–Trinajstić information content (AvgIpc) is 3.36. The van der Waals surface area contributed by atoms with Crippen molar-refractivity contribution < 1.29 is 18.2 Å². The van der Waals surface area contributed by atoms with Crippen LogP contribution in [0.1, 0.15) is 21.6 Å². The van der Waals surface area contributed by atoms with Crippen molar-refractivity contribution in [3.8, 4) is 17.1 Å². The Bertz CT molecular complexity index is 1280. The molecule has 0 aliphatic heterocycles. The summed E-state index contributed by atoms with van der Waals surface area (Å²) in [6.45, 7) is 1.91. The fraction of sp³-hybridized carbons (Fsp3) is 0.0526. The zero-order chi connectivity index (χ0) is 22.0. The maximum atomic E-state index is 13.7. The van der Waals surface area contributed by atoms with E-state index in [0.717, 1.165) is 17.8 Å². The van der Waals surface area contributed by atoms with E-state index in [0.29, 0.717) is 11.6 Å². The van der Waals surface area contributed by atoms with E-state index in [2.05, 4.69) is 35.8 Å². The molecule has 10 nitrogen and oxygen atoms in total. The minimum absolute atomic E-state index is 0.00874. The Morgan fingerprint density at radius 2 is 1.97 bits per heavy atom. The summed E-state index contributed by atoms with van der Waals surface area (Å²) in [4.78, 5) is 12.7. The van der Waals surface area contributed by atoms with Gasteiger partial charge < -0.3 is 5.73 Å². The first-order chi connectivity index (χ1) is 14.9. The number of anilines is 1. The van der Waals surface area contributed by atoms with E-state index in [1.165, 1.54) is 10.7 Å². The number of nitrogens with one attached hydrogen (secondary N) is 1. The van der Waals surface area contributed by atoms with E-state index in [1.54, 1.807) is 12.1 Å². The molecule has 3 N–H and O–H groups in total. The van der Waals surface area contributed by atoms with E-state index in [1.807, 2.05) is 19.1 Å². The third-order valence-corrected chi connectivity index (χ3v) is 4.24. The molecule has 0 spiro atoms. The molecule has 0 saturated heterocycles. The fourth-order valence-electron chi connectivity index (χ4n) is 2.71. The second kappa shape index (κ2) is 8.10. The van der Waals surface area contributed by atoms with Crippen LogP contribution in [0, 0.1) is 18.6 Å². The van der Waals surface area contributed by atoms with Crippen LogP contribution in [0.15, 0.2) is 52.2 Å². The molecule has 1 amide bonds. The monoisotopic (exact) mass is 424 g/mol. The standard InChI is InChI=1S/C19H14F2N8O2/c1-10-2-4-11(5-3-10)16-15(24-28-29(16)18-17(22)26-31-27-18)19(30)25-23-9-12-6-7-13(20)8-14(12)21/h2-9H,1H3,(H2,22,26)(H,25,30)/b23-9+. The van der Waals surface area contributed by atoms with Gasteiger partial charge in [-0.05, 0) is 29.4 Å². The Balaban J connectivity index is 1.68. The largest absolute Gasteiger partial charge is 0.378 e. The Labute approximate surface area is 173 Å². The number of hydrazone groups is 1. The highest BCUT2D eigenvalue weighted by molar-refractivity contribution is 5.98. The molecular weight excluding hydrogens is 410 g/mol. The number of hydrogen-bond acceptors (Lipinski definition) is 8. The van der Waals surface area contributed by atoms with Crippen LogP contribution in [-0.2, 0) is 0 Å². The first-order valence-electron chi connectivity index (χ1n) is 8.83. The summed E-state index contributed by atoms with van der Waals surface area (Å²) in [7, 11) is 0. The van der Waals surface area contributed by atoms with Gasteiger partial charge in [0.2, 0.25) is 11.6 Å². The highest BCUT2D eigenvalue weighted by Crippen LogP contribution is 2.26. The number of aromatic nitrogens is 5. The van der Waals surface area contributed by atoms with E-state index >= 15 is 0 Å². The highest BCUT2D eigenvalue weighted by atomic mass is 19.1. The lowest BCUT2D eigenvalue weighted by atomic mass is 10.1. The van der Waals surface area contributed by atoms with Crippen LogP contribution in [-0.4, -0.2) is 37.4 Å². The van der Waals surface area contributed by atoms with Crippen LogP contribution in [0.3, 0.4) is 0 Å². The first-order valence-corrected chi connectivity index (χ1v) is 8.83. The molecule has 0 saturated carbocycles. The Morgan fingerprint density at radius 3 is 2.65 bits per heavy atom. The molecular formula is C19H14F2N8O2. The van der Waals surface area contributed by atoms with Gasteiger partial charge in [0.25, 0.3) is 5.91 Å². The van der Waals surface area contributed by atoms with Gasteiger partial charge in [0, 0.05) is 17.2 Å². The Hall–Kier alpha value is -4.48. The molecule has 4 rings (SSSR count). The second-order valence-corrected chi connectivity index (χ2v) is 6.40. The average molecular weight is 424 g/mol. The van der Waals surface area contributed by atoms with Crippen LogP contribution in [0.25, 0.3) is 17.1 Å². The molecule has 0 bridgehead atoms. The van der Waals surface area contributed by atoms with E-state index in [4.69, 9.17) is 5.73 Å². The number of nitrogen functional groups attached to an aromatic ring is 1. The number of amides is 1. The number of rotatable bonds is 5. The summed E-state index contributed by atoms with van der Waals surface area (Å²) >= 11 is 0. The molecule has 0 radical (unpaired) electrons. The van der Waals surface area contributed by atoms with Crippen molar-refractivity contribution in [1.29, 1.82) is 0 Å². The number of carbonyl (C=O) groups excluding carboxylic acids is 1. The van der Waals surface area contributed by atoms with E-state index in [9.17, 15) is 13.6 Å². The number of benzene rings is 2. The molecule has 31 heavy (non-hydrogen) atoms. The number of carbonyl (C=O) groups is 1. The maximum absolute atomic E-state index is 13.7. The molecule has 0 aliphatic rings. The molecule has 4 aromatic rings. The van der Waals surface area contributed by atoms with Crippen LogP contribution >= 0.6 is 0 Å². The summed E-state index contributed by atoms with van der Waals surface area (Å²) in [6, 6.07) is 10.2. The van der Waals surface area contributed by atoms with Crippen molar-refractivity contribution in [3.63, 3.8) is 0 Å². The zero-order valence-electron chi connectivity index (χ0n) is 16.0. The molecule has 156 valence electrons. The van der Waals surface area contributed by atoms with E-state index in [-0.39, 0.29) is 28.6 Å². The Morgan fingerprint density at radius 1 is 1.19 bits per heavy atom. The van der Waals surface area contributed by atoms with Crippen molar-refractivity contribution in [3.05, 3.63) is 70.9 Å². The summed E-state index contributed by atoms with van der Waals surface area (Å²) in [5.41, 5.74) is 9.76. The topological polar surface area (TPSA) is 137 Å².